The zero-order chi connectivity index (χ0) is 10.8. The zero-order valence-electron chi connectivity index (χ0n) is 8.27. The third-order valence-corrected chi connectivity index (χ3v) is 2.43. The summed E-state index contributed by atoms with van der Waals surface area (Å²) in [5, 5.41) is 4.42. The average Bonchev–Trinajstić information content (AvgIpc) is 2.27. The largest absolute Gasteiger partial charge is 1.00 e. The Bertz CT molecular complexity index is 488. The Balaban J connectivity index is 0.00000128. The van der Waals surface area contributed by atoms with E-state index in [4.69, 9.17) is 23.1 Å². The van der Waals surface area contributed by atoms with E-state index >= 15 is 0 Å². The Morgan fingerprint density at radius 2 is 1.75 bits per heavy atom. The van der Waals surface area contributed by atoms with Gasteiger partial charge in [0.1, 0.15) is 0 Å². The topological polar surface area (TPSA) is 68.8 Å². The predicted molar refractivity (Wildman–Crippen MR) is 59.6 cm³/mol. The lowest BCUT2D eigenvalue weighted by atomic mass is 10.3. The van der Waals surface area contributed by atoms with Gasteiger partial charge in [0.05, 0.1) is 11.9 Å². The summed E-state index contributed by atoms with van der Waals surface area (Å²) >= 11 is 5.92. The fourth-order valence-electron chi connectivity index (χ4n) is 1.25. The van der Waals surface area contributed by atoms with Gasteiger partial charge in [-0.05, 0) is 12.1 Å². The van der Waals surface area contributed by atoms with Gasteiger partial charge in [0.2, 0.25) is 0 Å². The lowest BCUT2D eigenvalue weighted by molar-refractivity contribution is -0.645. The summed E-state index contributed by atoms with van der Waals surface area (Å²) in [6.45, 7) is 0. The highest BCUT2D eigenvalue weighted by molar-refractivity contribution is 6.34. The summed E-state index contributed by atoms with van der Waals surface area (Å²) < 4.78 is 1.54. The van der Waals surface area contributed by atoms with Crippen LogP contribution in [0, 0.1) is 0 Å². The molecule has 0 saturated heterocycles. The van der Waals surface area contributed by atoms with Gasteiger partial charge in [0.25, 0.3) is 0 Å². The van der Waals surface area contributed by atoms with Gasteiger partial charge in [0, 0.05) is 0 Å². The van der Waals surface area contributed by atoms with Gasteiger partial charge >= 0.3 is 5.82 Å². The Hall–Kier alpha value is -1.52. The zero-order valence-corrected chi connectivity index (χ0v) is 9.78. The van der Waals surface area contributed by atoms with Crippen molar-refractivity contribution >= 4 is 23.1 Å². The van der Waals surface area contributed by atoms with Crippen LogP contribution in [-0.4, -0.2) is 5.10 Å². The van der Waals surface area contributed by atoms with Crippen LogP contribution in [0.5, 0.6) is 0 Å². The van der Waals surface area contributed by atoms with Crippen LogP contribution < -0.4 is 28.6 Å². The van der Waals surface area contributed by atoms with Gasteiger partial charge in [-0.1, -0.05) is 39.6 Å². The lowest BCUT2D eigenvalue weighted by Gasteiger charge is -2.02. The number of aromatic nitrogens is 2. The Kier molecular flexibility index (Phi) is 3.93. The predicted octanol–water partition coefficient (Wildman–Crippen LogP) is -1.82. The minimum Gasteiger partial charge on any atom is -1.00 e. The van der Waals surface area contributed by atoms with Crippen molar-refractivity contribution < 1.29 is 17.1 Å². The maximum absolute atomic E-state index is 5.92. The number of nitrogen functional groups attached to an aromatic ring is 2. The van der Waals surface area contributed by atoms with Gasteiger partial charge in [-0.25, -0.2) is 0 Å². The van der Waals surface area contributed by atoms with Crippen molar-refractivity contribution in [2.45, 2.75) is 0 Å². The summed E-state index contributed by atoms with van der Waals surface area (Å²) in [4.78, 5) is 0. The monoisotopic (exact) mass is 256 g/mol. The fraction of sp³-hybridized carbons (Fsp3) is 0. The highest BCUT2D eigenvalue weighted by Crippen LogP contribution is 2.21. The molecular weight excluding hydrogens is 247 g/mol. The maximum Gasteiger partial charge on any atom is 0.319 e. The first-order chi connectivity index (χ1) is 7.20. The minimum atomic E-state index is 0. The van der Waals surface area contributed by atoms with Crippen molar-refractivity contribution in [3.05, 3.63) is 41.6 Å². The van der Waals surface area contributed by atoms with E-state index in [1.807, 2.05) is 30.3 Å². The van der Waals surface area contributed by atoms with E-state index in [0.29, 0.717) is 16.5 Å². The highest BCUT2D eigenvalue weighted by atomic mass is 35.5. The van der Waals surface area contributed by atoms with Gasteiger partial charge in [0.15, 0.2) is 10.7 Å². The van der Waals surface area contributed by atoms with E-state index in [0.717, 1.165) is 5.69 Å². The normalized spacial score (nSPS) is 9.56. The van der Waals surface area contributed by atoms with Crippen molar-refractivity contribution in [3.8, 4) is 5.69 Å². The van der Waals surface area contributed by atoms with E-state index < -0.39 is 0 Å². The van der Waals surface area contributed by atoms with E-state index in [9.17, 15) is 0 Å². The third kappa shape index (κ3) is 2.18. The molecule has 1 aromatic carbocycles. The summed E-state index contributed by atoms with van der Waals surface area (Å²) in [6, 6.07) is 9.48. The van der Waals surface area contributed by atoms with Crippen LogP contribution in [0.25, 0.3) is 5.69 Å². The molecule has 84 valence electrons. The molecule has 0 aliphatic rings. The van der Waals surface area contributed by atoms with Crippen LogP contribution in [0.4, 0.5) is 11.5 Å². The number of hydrogen-bond donors (Lipinski definition) is 2. The standard InChI is InChI=1S/C10H9ClN4.ClH/c11-9-8(12)6-14-15(10(9)13)7-4-2-1-3-5-7;/h1-6H,(H3,12,13);1H. The fourth-order valence-corrected chi connectivity index (χ4v) is 1.38. The maximum atomic E-state index is 5.92. The molecule has 0 bridgehead atoms. The van der Waals surface area contributed by atoms with Gasteiger partial charge in [-0.3, -0.25) is 5.73 Å². The van der Waals surface area contributed by atoms with Gasteiger partial charge in [-0.15, -0.1) is 0 Å². The molecule has 2 aromatic rings. The lowest BCUT2D eigenvalue weighted by Crippen LogP contribution is -3.00. The third-order valence-electron chi connectivity index (χ3n) is 2.02. The number of para-hydroxylation sites is 1. The number of hydrogen-bond acceptors (Lipinski definition) is 3. The van der Waals surface area contributed by atoms with Crippen LogP contribution in [0.15, 0.2) is 36.5 Å². The van der Waals surface area contributed by atoms with Crippen LogP contribution >= 0.6 is 11.6 Å². The molecule has 1 heterocycles. The minimum absolute atomic E-state index is 0. The molecule has 0 amide bonds. The van der Waals surface area contributed by atoms with E-state index in [-0.39, 0.29) is 12.4 Å². The number of nitrogens with zero attached hydrogens (tertiary/aromatic N) is 2. The van der Waals surface area contributed by atoms with Crippen molar-refractivity contribution in [2.24, 2.45) is 0 Å². The second-order valence-corrected chi connectivity index (χ2v) is 3.42. The average molecular weight is 257 g/mol. The SMILES string of the molecule is Nc1cn[n+](-c2ccccc2)c(N)c1Cl.[Cl-]. The molecule has 0 fully saturated rings. The first-order valence-corrected chi connectivity index (χ1v) is 4.75. The molecular formula is C10H10Cl2N4. The summed E-state index contributed by atoms with van der Waals surface area (Å²) in [5.74, 6) is 0.336. The van der Waals surface area contributed by atoms with Crippen molar-refractivity contribution in [1.82, 2.24) is 5.10 Å². The number of anilines is 2. The van der Waals surface area contributed by atoms with Crippen LogP contribution in [-0.2, 0) is 0 Å². The second kappa shape index (κ2) is 5.01. The molecule has 0 radical (unpaired) electrons. The summed E-state index contributed by atoms with van der Waals surface area (Å²) in [5.41, 5.74) is 12.6. The highest BCUT2D eigenvalue weighted by Gasteiger charge is 2.15. The van der Waals surface area contributed by atoms with E-state index in [1.165, 1.54) is 6.20 Å². The number of rotatable bonds is 1. The number of benzene rings is 1. The van der Waals surface area contributed by atoms with Crippen molar-refractivity contribution in [2.75, 3.05) is 11.5 Å². The van der Waals surface area contributed by atoms with Gasteiger partial charge < -0.3 is 18.1 Å². The van der Waals surface area contributed by atoms with Gasteiger partial charge in [-0.2, -0.15) is 0 Å². The van der Waals surface area contributed by atoms with Crippen LogP contribution in [0.1, 0.15) is 0 Å². The molecule has 0 aliphatic carbocycles. The Morgan fingerprint density at radius 1 is 1.12 bits per heavy atom. The summed E-state index contributed by atoms with van der Waals surface area (Å²) in [6.07, 6.45) is 1.48. The Labute approximate surface area is 104 Å². The molecule has 0 atom stereocenters. The quantitative estimate of drug-likeness (QED) is 0.591. The molecule has 0 spiro atoms. The number of nitrogens with two attached hydrogens (primary N) is 2. The molecule has 16 heavy (non-hydrogen) atoms. The Morgan fingerprint density at radius 3 is 2.38 bits per heavy atom. The second-order valence-electron chi connectivity index (χ2n) is 3.05. The first-order valence-electron chi connectivity index (χ1n) is 4.37. The van der Waals surface area contributed by atoms with Crippen LogP contribution in [0.2, 0.25) is 5.02 Å². The molecule has 4 N–H and O–H groups in total. The molecule has 4 nitrogen and oxygen atoms in total. The van der Waals surface area contributed by atoms with Crippen molar-refractivity contribution in [1.29, 1.82) is 0 Å². The van der Waals surface area contributed by atoms with Crippen LogP contribution in [0.3, 0.4) is 0 Å². The first kappa shape index (κ1) is 12.5. The smallest absolute Gasteiger partial charge is 0.319 e. The molecule has 1 aromatic heterocycles. The van der Waals surface area contributed by atoms with E-state index in [2.05, 4.69) is 5.10 Å². The number of halogens is 2. The molecule has 0 unspecified atom stereocenters. The molecule has 0 saturated carbocycles. The van der Waals surface area contributed by atoms with Crippen molar-refractivity contribution in [3.63, 3.8) is 0 Å². The summed E-state index contributed by atoms with van der Waals surface area (Å²) in [7, 11) is 0. The van der Waals surface area contributed by atoms with E-state index in [1.54, 1.807) is 4.68 Å². The molecule has 2 rings (SSSR count). The molecule has 0 aliphatic heterocycles. The molecule has 6 heteroatoms.